The quantitative estimate of drug-likeness (QED) is 0.741. The number of hydrogen-bond acceptors (Lipinski definition) is 3. The van der Waals surface area contributed by atoms with E-state index in [1.165, 1.54) is 0 Å². The minimum atomic E-state index is -4.24. The highest BCUT2D eigenvalue weighted by Gasteiger charge is 2.27. The smallest absolute Gasteiger partial charge is 0.411 e. The van der Waals surface area contributed by atoms with Gasteiger partial charge in [-0.05, 0) is 30.7 Å². The van der Waals surface area contributed by atoms with Crippen LogP contribution < -0.4 is 10.1 Å². The number of methoxy groups -OCH3 is 1. The van der Waals surface area contributed by atoms with Crippen molar-refractivity contribution in [3.8, 4) is 5.75 Å². The first-order chi connectivity index (χ1) is 9.01. The Labute approximate surface area is 110 Å². The average molecular weight is 277 g/mol. The summed E-state index contributed by atoms with van der Waals surface area (Å²) in [5, 5.41) is 3.13. The van der Waals surface area contributed by atoms with Crippen LogP contribution in [-0.2, 0) is 11.3 Å². The van der Waals surface area contributed by atoms with Crippen molar-refractivity contribution in [1.29, 1.82) is 0 Å². The van der Waals surface area contributed by atoms with Crippen molar-refractivity contribution in [2.75, 3.05) is 26.9 Å². The highest BCUT2D eigenvalue weighted by Crippen LogP contribution is 2.14. The van der Waals surface area contributed by atoms with Gasteiger partial charge in [0.15, 0.2) is 0 Å². The van der Waals surface area contributed by atoms with Gasteiger partial charge in [0.25, 0.3) is 0 Å². The molecular weight excluding hydrogens is 259 g/mol. The normalized spacial score (nSPS) is 11.6. The lowest BCUT2D eigenvalue weighted by Crippen LogP contribution is -2.20. The summed E-state index contributed by atoms with van der Waals surface area (Å²) in [5.74, 6) is 0.796. The lowest BCUT2D eigenvalue weighted by atomic mass is 10.2. The molecule has 0 fully saturated rings. The van der Waals surface area contributed by atoms with Gasteiger partial charge < -0.3 is 14.8 Å². The molecule has 1 aromatic carbocycles. The molecule has 108 valence electrons. The summed E-state index contributed by atoms with van der Waals surface area (Å²) in [5.41, 5.74) is 1.09. The predicted molar refractivity (Wildman–Crippen MR) is 66.2 cm³/mol. The molecule has 0 unspecified atom stereocenters. The molecule has 0 saturated carbocycles. The van der Waals surface area contributed by atoms with Gasteiger partial charge in [-0.1, -0.05) is 12.1 Å². The molecule has 0 heterocycles. The molecule has 0 saturated heterocycles. The Morgan fingerprint density at radius 2 is 1.84 bits per heavy atom. The Balaban J connectivity index is 2.04. The molecule has 1 rings (SSSR count). The van der Waals surface area contributed by atoms with Gasteiger partial charge >= 0.3 is 6.18 Å². The molecule has 0 radical (unpaired) electrons. The fourth-order valence-corrected chi connectivity index (χ4v) is 1.46. The number of halogens is 3. The van der Waals surface area contributed by atoms with Gasteiger partial charge in [-0.25, -0.2) is 0 Å². The van der Waals surface area contributed by atoms with Crippen LogP contribution in [0.4, 0.5) is 13.2 Å². The summed E-state index contributed by atoms with van der Waals surface area (Å²) < 4.78 is 44.8. The van der Waals surface area contributed by atoms with Crippen LogP contribution in [-0.4, -0.2) is 33.0 Å². The maximum Gasteiger partial charge on any atom is 0.411 e. The minimum Gasteiger partial charge on any atom is -0.497 e. The maximum absolute atomic E-state index is 11.8. The molecule has 0 aromatic heterocycles. The van der Waals surface area contributed by atoms with Gasteiger partial charge in [-0.15, -0.1) is 0 Å². The second kappa shape index (κ2) is 8.01. The fourth-order valence-electron chi connectivity index (χ4n) is 1.46. The Hall–Kier alpha value is -1.27. The van der Waals surface area contributed by atoms with Gasteiger partial charge in [-0.3, -0.25) is 0 Å². The molecule has 0 aliphatic rings. The molecule has 1 aromatic rings. The van der Waals surface area contributed by atoms with Crippen LogP contribution >= 0.6 is 0 Å². The molecule has 1 N–H and O–H groups in total. The zero-order chi connectivity index (χ0) is 14.1. The third kappa shape index (κ3) is 7.69. The van der Waals surface area contributed by atoms with E-state index >= 15 is 0 Å². The van der Waals surface area contributed by atoms with Gasteiger partial charge in [0.1, 0.15) is 12.4 Å². The van der Waals surface area contributed by atoms with E-state index in [0.29, 0.717) is 19.5 Å². The first kappa shape index (κ1) is 15.8. The van der Waals surface area contributed by atoms with E-state index in [1.54, 1.807) is 7.11 Å². The number of hydrogen-bond donors (Lipinski definition) is 1. The number of rotatable bonds is 8. The molecule has 6 heteroatoms. The Morgan fingerprint density at radius 1 is 1.16 bits per heavy atom. The number of ether oxygens (including phenoxy) is 2. The highest BCUT2D eigenvalue weighted by molar-refractivity contribution is 5.26. The van der Waals surface area contributed by atoms with Crippen LogP contribution in [0.3, 0.4) is 0 Å². The highest BCUT2D eigenvalue weighted by atomic mass is 19.4. The zero-order valence-electron chi connectivity index (χ0n) is 10.8. The molecule has 0 spiro atoms. The van der Waals surface area contributed by atoms with E-state index in [9.17, 15) is 13.2 Å². The van der Waals surface area contributed by atoms with Crippen molar-refractivity contribution in [3.05, 3.63) is 29.8 Å². The molecule has 19 heavy (non-hydrogen) atoms. The standard InChI is InChI=1S/C13H18F3NO2/c1-18-12-5-3-11(4-6-12)9-17-7-2-8-19-10-13(14,15)16/h3-6,17H,2,7-10H2,1H3. The van der Waals surface area contributed by atoms with Crippen molar-refractivity contribution in [3.63, 3.8) is 0 Å². The van der Waals surface area contributed by atoms with Gasteiger partial charge in [0.2, 0.25) is 0 Å². The lowest BCUT2D eigenvalue weighted by Gasteiger charge is -2.08. The molecule has 0 aliphatic heterocycles. The third-order valence-electron chi connectivity index (χ3n) is 2.40. The lowest BCUT2D eigenvalue weighted by molar-refractivity contribution is -0.173. The van der Waals surface area contributed by atoms with Gasteiger partial charge in [0.05, 0.1) is 7.11 Å². The van der Waals surface area contributed by atoms with Crippen LogP contribution in [0.5, 0.6) is 5.75 Å². The molecule has 0 aliphatic carbocycles. The summed E-state index contributed by atoms with van der Waals surface area (Å²) in [4.78, 5) is 0. The SMILES string of the molecule is COc1ccc(CNCCCOCC(F)(F)F)cc1. The van der Waals surface area contributed by atoms with Crippen molar-refractivity contribution < 1.29 is 22.6 Å². The number of alkyl halides is 3. The molecule has 0 amide bonds. The molecule has 0 atom stereocenters. The summed E-state index contributed by atoms with van der Waals surface area (Å²) in [6.45, 7) is 0.216. The predicted octanol–water partition coefficient (Wildman–Crippen LogP) is 2.75. The summed E-state index contributed by atoms with van der Waals surface area (Å²) in [6.07, 6.45) is -3.69. The topological polar surface area (TPSA) is 30.5 Å². The second-order valence-electron chi connectivity index (χ2n) is 4.05. The van der Waals surface area contributed by atoms with Crippen LogP contribution in [0, 0.1) is 0 Å². The van der Waals surface area contributed by atoms with Crippen molar-refractivity contribution in [1.82, 2.24) is 5.32 Å². The average Bonchev–Trinajstić information content (AvgIpc) is 2.37. The van der Waals surface area contributed by atoms with E-state index in [0.717, 1.165) is 11.3 Å². The van der Waals surface area contributed by atoms with E-state index < -0.39 is 12.8 Å². The van der Waals surface area contributed by atoms with Crippen molar-refractivity contribution in [2.45, 2.75) is 19.1 Å². The van der Waals surface area contributed by atoms with Crippen LogP contribution in [0.2, 0.25) is 0 Å². The fraction of sp³-hybridized carbons (Fsp3) is 0.538. The second-order valence-corrected chi connectivity index (χ2v) is 4.05. The largest absolute Gasteiger partial charge is 0.497 e. The maximum atomic E-state index is 11.8. The van der Waals surface area contributed by atoms with Crippen molar-refractivity contribution >= 4 is 0 Å². The van der Waals surface area contributed by atoms with Crippen LogP contribution in [0.15, 0.2) is 24.3 Å². The van der Waals surface area contributed by atoms with Crippen LogP contribution in [0.25, 0.3) is 0 Å². The molecule has 3 nitrogen and oxygen atoms in total. The van der Waals surface area contributed by atoms with E-state index in [-0.39, 0.29) is 6.61 Å². The van der Waals surface area contributed by atoms with Gasteiger partial charge in [-0.2, -0.15) is 13.2 Å². The van der Waals surface area contributed by atoms with Crippen molar-refractivity contribution in [2.24, 2.45) is 0 Å². The van der Waals surface area contributed by atoms with E-state index in [2.05, 4.69) is 10.1 Å². The van der Waals surface area contributed by atoms with Crippen LogP contribution in [0.1, 0.15) is 12.0 Å². The minimum absolute atomic E-state index is 0.106. The zero-order valence-corrected chi connectivity index (χ0v) is 10.8. The Kier molecular flexibility index (Phi) is 6.66. The Morgan fingerprint density at radius 3 is 2.42 bits per heavy atom. The first-order valence-electron chi connectivity index (χ1n) is 5.99. The van der Waals surface area contributed by atoms with E-state index in [4.69, 9.17) is 4.74 Å². The number of nitrogens with one attached hydrogen (secondary N) is 1. The molecule has 0 bridgehead atoms. The monoisotopic (exact) mass is 277 g/mol. The number of benzene rings is 1. The Bertz CT molecular complexity index is 352. The molecular formula is C13H18F3NO2. The third-order valence-corrected chi connectivity index (χ3v) is 2.40. The summed E-state index contributed by atoms with van der Waals surface area (Å²) in [7, 11) is 1.61. The van der Waals surface area contributed by atoms with Gasteiger partial charge in [0, 0.05) is 13.2 Å². The van der Waals surface area contributed by atoms with E-state index in [1.807, 2.05) is 24.3 Å². The summed E-state index contributed by atoms with van der Waals surface area (Å²) >= 11 is 0. The summed E-state index contributed by atoms with van der Waals surface area (Å²) in [6, 6.07) is 7.60. The first-order valence-corrected chi connectivity index (χ1v) is 5.99.